The number of carbonyl (C=O) groups is 3. The minimum Gasteiger partial charge on any atom is -0.493 e. The van der Waals surface area contributed by atoms with Crippen molar-refractivity contribution in [3.63, 3.8) is 0 Å². The van der Waals surface area contributed by atoms with Gasteiger partial charge >= 0.3 is 6.03 Å². The van der Waals surface area contributed by atoms with Crippen LogP contribution in [0.3, 0.4) is 0 Å². The van der Waals surface area contributed by atoms with Gasteiger partial charge in [-0.15, -0.1) is 0 Å². The van der Waals surface area contributed by atoms with E-state index < -0.39 is 17.8 Å². The molecule has 0 saturated carbocycles. The number of urea groups is 1. The van der Waals surface area contributed by atoms with Crippen molar-refractivity contribution in [3.05, 3.63) is 52.1 Å². The molecule has 0 spiro atoms. The van der Waals surface area contributed by atoms with Crippen LogP contribution in [0.2, 0.25) is 5.02 Å². The normalized spacial score (nSPS) is 15.3. The second-order valence-electron chi connectivity index (χ2n) is 6.35. The van der Waals surface area contributed by atoms with Crippen LogP contribution in [0.4, 0.5) is 10.5 Å². The summed E-state index contributed by atoms with van der Waals surface area (Å²) in [5, 5.41) is 2.56. The third-order valence-electron chi connectivity index (χ3n) is 4.51. The number of nitrogens with one attached hydrogen (secondary N) is 1. The van der Waals surface area contributed by atoms with Gasteiger partial charge in [-0.25, -0.2) is 9.69 Å². The Kier molecular flexibility index (Phi) is 5.98. The van der Waals surface area contributed by atoms with Crippen molar-refractivity contribution in [1.29, 1.82) is 0 Å². The summed E-state index contributed by atoms with van der Waals surface area (Å²) in [5.41, 5.74) is 1.24. The summed E-state index contributed by atoms with van der Waals surface area (Å²) in [7, 11) is 4.37. The highest BCUT2D eigenvalue weighted by Gasteiger charge is 2.37. The Labute approximate surface area is 178 Å². The lowest BCUT2D eigenvalue weighted by molar-refractivity contribution is -0.122. The lowest BCUT2D eigenvalue weighted by Crippen LogP contribution is -2.54. The van der Waals surface area contributed by atoms with Crippen LogP contribution in [0.25, 0.3) is 6.08 Å². The van der Waals surface area contributed by atoms with Crippen LogP contribution in [-0.2, 0) is 9.59 Å². The lowest BCUT2D eigenvalue weighted by Gasteiger charge is -2.26. The minimum atomic E-state index is -0.855. The highest BCUT2D eigenvalue weighted by atomic mass is 35.5. The van der Waals surface area contributed by atoms with E-state index in [1.807, 2.05) is 0 Å². The first-order chi connectivity index (χ1) is 14.3. The number of hydrogen-bond donors (Lipinski definition) is 1. The summed E-state index contributed by atoms with van der Waals surface area (Å²) in [6, 6.07) is 7.05. The van der Waals surface area contributed by atoms with Crippen LogP contribution >= 0.6 is 11.6 Å². The van der Waals surface area contributed by atoms with Gasteiger partial charge in [0, 0.05) is 5.02 Å². The Balaban J connectivity index is 2.07. The standard InChI is InChI=1S/C21H19ClN2O6/c1-11-5-6-13(10-15(11)22)24-20(26)14(19(25)23-21(24)27)7-12-8-16(28-2)18(30-4)17(9-12)29-3/h5-10H,1-4H3,(H,23,25,27)/b14-7-. The summed E-state index contributed by atoms with van der Waals surface area (Å²) >= 11 is 6.13. The van der Waals surface area contributed by atoms with Crippen molar-refractivity contribution in [2.45, 2.75) is 6.92 Å². The van der Waals surface area contributed by atoms with E-state index in [9.17, 15) is 14.4 Å². The van der Waals surface area contributed by atoms with Crippen molar-refractivity contribution < 1.29 is 28.6 Å². The molecule has 1 aliphatic rings. The van der Waals surface area contributed by atoms with Crippen molar-refractivity contribution in [2.24, 2.45) is 0 Å². The molecule has 1 fully saturated rings. The molecule has 0 unspecified atom stereocenters. The largest absolute Gasteiger partial charge is 0.493 e. The van der Waals surface area contributed by atoms with E-state index in [4.69, 9.17) is 25.8 Å². The Morgan fingerprint density at radius 1 is 0.967 bits per heavy atom. The predicted octanol–water partition coefficient (Wildman–Crippen LogP) is 3.34. The molecule has 9 heteroatoms. The van der Waals surface area contributed by atoms with E-state index in [1.165, 1.54) is 33.5 Å². The van der Waals surface area contributed by atoms with Crippen LogP contribution in [0.15, 0.2) is 35.9 Å². The number of anilines is 1. The minimum absolute atomic E-state index is 0.236. The maximum Gasteiger partial charge on any atom is 0.335 e. The Morgan fingerprint density at radius 2 is 1.60 bits per heavy atom. The molecule has 0 radical (unpaired) electrons. The number of ether oxygens (including phenoxy) is 3. The molecule has 0 aromatic heterocycles. The summed E-state index contributed by atoms with van der Waals surface area (Å²) in [6.45, 7) is 1.80. The first kappa shape index (κ1) is 21.2. The topological polar surface area (TPSA) is 94.2 Å². The van der Waals surface area contributed by atoms with E-state index >= 15 is 0 Å². The van der Waals surface area contributed by atoms with Gasteiger partial charge in [-0.05, 0) is 48.4 Å². The second kappa shape index (κ2) is 8.46. The highest BCUT2D eigenvalue weighted by Crippen LogP contribution is 2.39. The predicted molar refractivity (Wildman–Crippen MR) is 111 cm³/mol. The van der Waals surface area contributed by atoms with Crippen molar-refractivity contribution in [2.75, 3.05) is 26.2 Å². The van der Waals surface area contributed by atoms with Crippen LogP contribution < -0.4 is 24.4 Å². The van der Waals surface area contributed by atoms with Gasteiger partial charge in [0.05, 0.1) is 27.0 Å². The van der Waals surface area contributed by atoms with Crippen molar-refractivity contribution in [3.8, 4) is 17.2 Å². The van der Waals surface area contributed by atoms with Gasteiger partial charge in [-0.1, -0.05) is 17.7 Å². The Morgan fingerprint density at radius 3 is 2.13 bits per heavy atom. The van der Waals surface area contributed by atoms with Crippen molar-refractivity contribution >= 4 is 41.2 Å². The molecule has 0 atom stereocenters. The average molecular weight is 431 g/mol. The van der Waals surface area contributed by atoms with E-state index in [0.717, 1.165) is 10.5 Å². The number of amides is 4. The SMILES string of the molecule is COc1cc(/C=C2/C(=O)NC(=O)N(c3ccc(C)c(Cl)c3)C2=O)cc(OC)c1OC. The number of methoxy groups -OCH3 is 3. The summed E-state index contributed by atoms with van der Waals surface area (Å²) in [5.74, 6) is -0.519. The number of halogens is 1. The molecule has 156 valence electrons. The fourth-order valence-electron chi connectivity index (χ4n) is 2.96. The average Bonchev–Trinajstić information content (AvgIpc) is 2.72. The zero-order chi connectivity index (χ0) is 22.0. The third kappa shape index (κ3) is 3.81. The molecule has 0 aliphatic carbocycles. The quantitative estimate of drug-likeness (QED) is 0.577. The third-order valence-corrected chi connectivity index (χ3v) is 4.92. The van der Waals surface area contributed by atoms with E-state index in [-0.39, 0.29) is 11.3 Å². The molecule has 3 rings (SSSR count). The first-order valence-corrected chi connectivity index (χ1v) is 9.16. The van der Waals surface area contributed by atoms with Crippen LogP contribution in [0.5, 0.6) is 17.2 Å². The summed E-state index contributed by atoms with van der Waals surface area (Å²) < 4.78 is 15.9. The maximum absolute atomic E-state index is 13.0. The molecule has 4 amide bonds. The van der Waals surface area contributed by atoms with Gasteiger partial charge < -0.3 is 14.2 Å². The Hall–Kier alpha value is -3.52. The maximum atomic E-state index is 13.0. The molecule has 2 aromatic rings. The number of imide groups is 2. The number of hydrogen-bond acceptors (Lipinski definition) is 6. The molecule has 0 bridgehead atoms. The van der Waals surface area contributed by atoms with Gasteiger partial charge in [0.2, 0.25) is 5.75 Å². The van der Waals surface area contributed by atoms with Gasteiger partial charge in [0.25, 0.3) is 11.8 Å². The van der Waals surface area contributed by atoms with Crippen LogP contribution in [0.1, 0.15) is 11.1 Å². The Bertz CT molecular complexity index is 1050. The van der Waals surface area contributed by atoms with Crippen molar-refractivity contribution in [1.82, 2.24) is 5.32 Å². The molecular formula is C21H19ClN2O6. The fourth-order valence-corrected chi connectivity index (χ4v) is 3.14. The van der Waals surface area contributed by atoms with Gasteiger partial charge in [0.1, 0.15) is 5.57 Å². The highest BCUT2D eigenvalue weighted by molar-refractivity contribution is 6.39. The number of benzene rings is 2. The molecule has 2 aromatic carbocycles. The van der Waals surface area contributed by atoms with Gasteiger partial charge in [0.15, 0.2) is 11.5 Å². The number of carbonyl (C=O) groups excluding carboxylic acids is 3. The molecule has 30 heavy (non-hydrogen) atoms. The molecule has 1 N–H and O–H groups in total. The molecule has 1 heterocycles. The zero-order valence-electron chi connectivity index (χ0n) is 16.7. The molecule has 8 nitrogen and oxygen atoms in total. The zero-order valence-corrected chi connectivity index (χ0v) is 17.5. The van der Waals surface area contributed by atoms with Gasteiger partial charge in [-0.3, -0.25) is 14.9 Å². The summed E-state index contributed by atoms with van der Waals surface area (Å²) in [6.07, 6.45) is 1.34. The number of nitrogens with zero attached hydrogens (tertiary/aromatic N) is 1. The van der Waals surface area contributed by atoms with E-state index in [2.05, 4.69) is 5.32 Å². The fraction of sp³-hybridized carbons (Fsp3) is 0.190. The van der Waals surface area contributed by atoms with Crippen LogP contribution in [-0.4, -0.2) is 39.2 Å². The lowest BCUT2D eigenvalue weighted by atomic mass is 10.1. The van der Waals surface area contributed by atoms with Crippen LogP contribution in [0, 0.1) is 6.92 Å². The summed E-state index contributed by atoms with van der Waals surface area (Å²) in [4.78, 5) is 38.6. The number of aryl methyl sites for hydroxylation is 1. The first-order valence-electron chi connectivity index (χ1n) is 8.78. The second-order valence-corrected chi connectivity index (χ2v) is 6.76. The monoisotopic (exact) mass is 430 g/mol. The van der Waals surface area contributed by atoms with Gasteiger partial charge in [-0.2, -0.15) is 0 Å². The number of barbiturate groups is 1. The molecule has 1 saturated heterocycles. The number of rotatable bonds is 5. The van der Waals surface area contributed by atoms with E-state index in [1.54, 1.807) is 31.2 Å². The molecule has 1 aliphatic heterocycles. The van der Waals surface area contributed by atoms with E-state index in [0.29, 0.717) is 27.8 Å². The smallest absolute Gasteiger partial charge is 0.335 e. The molecular weight excluding hydrogens is 412 g/mol.